The average Bonchev–Trinajstić information content (AvgIpc) is 3.56. The molecule has 2 N–H and O–H groups in total. The molecule has 4 aromatic heterocycles. The van der Waals surface area contributed by atoms with E-state index < -0.39 is 23.8 Å². The van der Waals surface area contributed by atoms with Gasteiger partial charge in [-0.05, 0) is 30.7 Å². The molecule has 0 radical (unpaired) electrons. The first kappa shape index (κ1) is 27.7. The lowest BCUT2D eigenvalue weighted by molar-refractivity contribution is -0.137. The predicted octanol–water partition coefficient (Wildman–Crippen LogP) is 3.02. The third-order valence-electron chi connectivity index (χ3n) is 5.18. The van der Waals surface area contributed by atoms with E-state index in [1.807, 2.05) is 0 Å². The third kappa shape index (κ3) is 8.33. The van der Waals surface area contributed by atoms with Crippen LogP contribution in [0, 0.1) is 0 Å². The van der Waals surface area contributed by atoms with Crippen LogP contribution >= 0.6 is 11.3 Å². The molecule has 0 spiro atoms. The third-order valence-corrected chi connectivity index (χ3v) is 6.08. The highest BCUT2D eigenvalue weighted by molar-refractivity contribution is 7.15. The predicted molar refractivity (Wildman–Crippen MR) is 130 cm³/mol. The Kier molecular flexibility index (Phi) is 8.85. The van der Waals surface area contributed by atoms with E-state index in [4.69, 9.17) is 0 Å². The summed E-state index contributed by atoms with van der Waals surface area (Å²) in [5, 5.41) is 21.2. The van der Waals surface area contributed by atoms with Crippen LogP contribution in [-0.4, -0.2) is 53.1 Å². The van der Waals surface area contributed by atoms with E-state index in [1.165, 1.54) is 6.20 Å². The molecule has 0 fully saturated rings. The van der Waals surface area contributed by atoms with Crippen molar-refractivity contribution in [3.63, 3.8) is 0 Å². The number of carbonyl (C=O) groups is 2. The minimum Gasteiger partial charge on any atom is -0.345 e. The van der Waals surface area contributed by atoms with Crippen LogP contribution in [0.2, 0.25) is 0 Å². The SMILES string of the molecule is O=C(Cc1ccccn1)Nc1nnc(CCC(F)Cn2cc(C(=O)NCc3cc(C(F)(F)F)ccn3)nn2)s1. The average molecular weight is 564 g/mol. The normalized spacial score (nSPS) is 12.2. The fraction of sp³-hybridized carbons (Fsp3) is 0.304. The first-order valence-corrected chi connectivity index (χ1v) is 12.3. The number of amides is 2. The van der Waals surface area contributed by atoms with E-state index in [1.54, 1.807) is 24.4 Å². The van der Waals surface area contributed by atoms with Crippen LogP contribution in [0.3, 0.4) is 0 Å². The lowest BCUT2D eigenvalue weighted by Gasteiger charge is -2.08. The molecule has 1 atom stereocenters. The van der Waals surface area contributed by atoms with E-state index in [2.05, 4.69) is 41.1 Å². The summed E-state index contributed by atoms with van der Waals surface area (Å²) < 4.78 is 54.1. The van der Waals surface area contributed by atoms with Crippen molar-refractivity contribution in [2.75, 3.05) is 5.32 Å². The minimum atomic E-state index is -4.53. The van der Waals surface area contributed by atoms with Gasteiger partial charge in [0.05, 0.1) is 37.0 Å². The Labute approximate surface area is 222 Å². The topological polar surface area (TPSA) is 140 Å². The summed E-state index contributed by atoms with van der Waals surface area (Å²) in [5.74, 6) is -0.987. The molecule has 16 heteroatoms. The number of halogens is 4. The smallest absolute Gasteiger partial charge is 0.345 e. The molecule has 2 amide bonds. The van der Waals surface area contributed by atoms with Crippen molar-refractivity contribution in [1.82, 2.24) is 40.5 Å². The maximum Gasteiger partial charge on any atom is 0.416 e. The van der Waals surface area contributed by atoms with Gasteiger partial charge in [-0.15, -0.1) is 15.3 Å². The lowest BCUT2D eigenvalue weighted by atomic mass is 10.2. The molecule has 0 bridgehead atoms. The van der Waals surface area contributed by atoms with E-state index >= 15 is 0 Å². The number of hydrogen-bond acceptors (Lipinski definition) is 9. The second kappa shape index (κ2) is 12.5. The molecular formula is C23H21F4N9O2S. The second-order valence-electron chi connectivity index (χ2n) is 8.23. The first-order valence-electron chi connectivity index (χ1n) is 11.5. The molecular weight excluding hydrogens is 542 g/mol. The number of rotatable bonds is 11. The number of pyridine rings is 2. The van der Waals surface area contributed by atoms with Crippen LogP contribution in [0.5, 0.6) is 0 Å². The maximum atomic E-state index is 14.5. The summed E-state index contributed by atoms with van der Waals surface area (Å²) in [7, 11) is 0. The van der Waals surface area contributed by atoms with Gasteiger partial charge in [-0.2, -0.15) is 13.2 Å². The van der Waals surface area contributed by atoms with Crippen molar-refractivity contribution < 1.29 is 27.2 Å². The Morgan fingerprint density at radius 1 is 1.05 bits per heavy atom. The van der Waals surface area contributed by atoms with Crippen LogP contribution in [0.4, 0.5) is 22.7 Å². The molecule has 0 aliphatic carbocycles. The van der Waals surface area contributed by atoms with Crippen molar-refractivity contribution in [2.24, 2.45) is 0 Å². The van der Waals surface area contributed by atoms with Crippen molar-refractivity contribution in [3.8, 4) is 0 Å². The second-order valence-corrected chi connectivity index (χ2v) is 9.29. The summed E-state index contributed by atoms with van der Waals surface area (Å²) in [4.78, 5) is 32.3. The molecule has 0 aromatic carbocycles. The van der Waals surface area contributed by atoms with Gasteiger partial charge in [0.15, 0.2) is 5.69 Å². The molecule has 4 heterocycles. The molecule has 11 nitrogen and oxygen atoms in total. The number of nitrogens with one attached hydrogen (secondary N) is 2. The molecule has 4 rings (SSSR count). The van der Waals surface area contributed by atoms with Gasteiger partial charge in [0.25, 0.3) is 5.91 Å². The summed E-state index contributed by atoms with van der Waals surface area (Å²) in [6.07, 6.45) is -1.60. The van der Waals surface area contributed by atoms with Gasteiger partial charge in [0, 0.05) is 24.5 Å². The zero-order valence-electron chi connectivity index (χ0n) is 20.1. The van der Waals surface area contributed by atoms with E-state index in [0.29, 0.717) is 15.8 Å². The van der Waals surface area contributed by atoms with Gasteiger partial charge in [-0.3, -0.25) is 19.6 Å². The lowest BCUT2D eigenvalue weighted by Crippen LogP contribution is -2.24. The van der Waals surface area contributed by atoms with E-state index in [9.17, 15) is 27.2 Å². The van der Waals surface area contributed by atoms with Crippen LogP contribution < -0.4 is 10.6 Å². The molecule has 0 saturated carbocycles. The van der Waals surface area contributed by atoms with Crippen LogP contribution in [0.25, 0.3) is 0 Å². The Hall–Kier alpha value is -4.34. The van der Waals surface area contributed by atoms with Gasteiger partial charge in [-0.1, -0.05) is 22.6 Å². The number of hydrogen-bond donors (Lipinski definition) is 2. The molecule has 0 aliphatic heterocycles. The van der Waals surface area contributed by atoms with Crippen molar-refractivity contribution in [3.05, 3.63) is 76.6 Å². The number of aromatic nitrogens is 7. The fourth-order valence-corrected chi connectivity index (χ4v) is 4.09. The number of alkyl halides is 4. The van der Waals surface area contributed by atoms with Crippen LogP contribution in [-0.2, 0) is 36.9 Å². The van der Waals surface area contributed by atoms with Crippen LogP contribution in [0.15, 0.2) is 48.9 Å². The number of aryl methyl sites for hydroxylation is 1. The highest BCUT2D eigenvalue weighted by Gasteiger charge is 2.30. The highest BCUT2D eigenvalue weighted by atomic mass is 32.1. The molecule has 0 saturated heterocycles. The first-order chi connectivity index (χ1) is 18.7. The largest absolute Gasteiger partial charge is 0.416 e. The summed E-state index contributed by atoms with van der Waals surface area (Å²) in [6, 6.07) is 6.93. The van der Waals surface area contributed by atoms with Crippen LogP contribution in [0.1, 0.15) is 38.9 Å². The molecule has 0 aliphatic rings. The minimum absolute atomic E-state index is 0.0157. The summed E-state index contributed by atoms with van der Waals surface area (Å²) in [5.41, 5.74) is -0.371. The fourth-order valence-electron chi connectivity index (χ4n) is 3.31. The van der Waals surface area contributed by atoms with Gasteiger partial charge < -0.3 is 10.6 Å². The number of carbonyl (C=O) groups excluding carboxylic acids is 2. The Bertz CT molecular complexity index is 1410. The van der Waals surface area contributed by atoms with Gasteiger partial charge in [-0.25, -0.2) is 9.07 Å². The van der Waals surface area contributed by atoms with Crippen molar-refractivity contribution in [2.45, 2.75) is 44.7 Å². The van der Waals surface area contributed by atoms with Gasteiger partial charge >= 0.3 is 6.18 Å². The van der Waals surface area contributed by atoms with Gasteiger partial charge in [0.1, 0.15) is 11.2 Å². The van der Waals surface area contributed by atoms with E-state index in [0.717, 1.165) is 34.3 Å². The number of nitrogens with zero attached hydrogens (tertiary/aromatic N) is 7. The molecule has 4 aromatic rings. The summed E-state index contributed by atoms with van der Waals surface area (Å²) in [6.45, 7) is -0.434. The maximum absolute atomic E-state index is 14.5. The molecule has 39 heavy (non-hydrogen) atoms. The van der Waals surface area contributed by atoms with Gasteiger partial charge in [0.2, 0.25) is 11.0 Å². The molecule has 1 unspecified atom stereocenters. The Morgan fingerprint density at radius 3 is 2.64 bits per heavy atom. The van der Waals surface area contributed by atoms with E-state index in [-0.39, 0.29) is 49.6 Å². The van der Waals surface area contributed by atoms with Crippen molar-refractivity contribution in [1.29, 1.82) is 0 Å². The van der Waals surface area contributed by atoms with Crippen molar-refractivity contribution >= 4 is 28.3 Å². The zero-order chi connectivity index (χ0) is 27.8. The Morgan fingerprint density at radius 2 is 1.87 bits per heavy atom. The zero-order valence-corrected chi connectivity index (χ0v) is 20.9. The highest BCUT2D eigenvalue weighted by Crippen LogP contribution is 2.29. The molecule has 204 valence electrons. The summed E-state index contributed by atoms with van der Waals surface area (Å²) >= 11 is 1.14. The standard InChI is InChI=1S/C23H21F4N9O2S/c24-15(4-5-20-33-34-22(39-20)31-19(37)10-16-3-1-2-7-28-16)12-36-13-18(32-35-36)21(38)30-11-17-9-14(6-8-29-17)23(25,26)27/h1-3,6-9,13,15H,4-5,10-12H2,(H,30,38)(H,31,34,37). The quantitative estimate of drug-likeness (QED) is 0.266. The Balaban J connectivity index is 1.20. The number of anilines is 1. The monoisotopic (exact) mass is 563 g/mol.